The molecule has 1 N–H and O–H groups in total. The van der Waals surface area contributed by atoms with Gasteiger partial charge in [-0.1, -0.05) is 67.2 Å². The van der Waals surface area contributed by atoms with Gasteiger partial charge >= 0.3 is 0 Å². The fourth-order valence-electron chi connectivity index (χ4n) is 2.41. The smallest absolute Gasteiger partial charge is 0.0359 e. The van der Waals surface area contributed by atoms with Crippen LogP contribution in [-0.2, 0) is 0 Å². The molecule has 1 atom stereocenters. The maximum atomic E-state index is 3.69. The summed E-state index contributed by atoms with van der Waals surface area (Å²) in [6, 6.07) is 7.08. The summed E-state index contributed by atoms with van der Waals surface area (Å²) in [5.74, 6) is 0.702. The molecule has 1 rings (SSSR count). The minimum atomic E-state index is 0.462. The third-order valence-corrected chi connectivity index (χ3v) is 4.15. The summed E-state index contributed by atoms with van der Waals surface area (Å²) in [4.78, 5) is 0. The zero-order valence-corrected chi connectivity index (χ0v) is 13.0. The van der Waals surface area contributed by atoms with E-state index in [-0.39, 0.29) is 0 Å². The van der Waals surface area contributed by atoms with E-state index in [2.05, 4.69) is 67.1 Å². The Balaban J connectivity index is 3.07. The molecule has 1 aromatic carbocycles. The molecule has 0 fully saturated rings. The Morgan fingerprint density at radius 1 is 1.18 bits per heavy atom. The first-order valence-electron chi connectivity index (χ1n) is 6.63. The van der Waals surface area contributed by atoms with Crippen LogP contribution in [0.2, 0.25) is 0 Å². The predicted octanol–water partition coefficient (Wildman–Crippen LogP) is 4.84. The minimum absolute atomic E-state index is 0.462. The Bertz CT molecular complexity index is 345. The molecule has 1 nitrogen and oxygen atoms in total. The van der Waals surface area contributed by atoms with Crippen molar-refractivity contribution in [3.8, 4) is 0 Å². The van der Waals surface area contributed by atoms with Crippen LogP contribution < -0.4 is 5.32 Å². The summed E-state index contributed by atoms with van der Waals surface area (Å²) in [5, 5.41) is 3.64. The number of rotatable bonds is 6. The molecule has 1 aromatic rings. The summed E-state index contributed by atoms with van der Waals surface area (Å²) >= 11 is 3.69. The van der Waals surface area contributed by atoms with Gasteiger partial charge in [-0.25, -0.2) is 0 Å². The van der Waals surface area contributed by atoms with E-state index in [1.165, 1.54) is 28.4 Å². The van der Waals surface area contributed by atoms with Crippen molar-refractivity contribution in [1.29, 1.82) is 0 Å². The predicted molar refractivity (Wildman–Crippen MR) is 79.4 cm³/mol. The Labute approximate surface area is 114 Å². The fraction of sp³-hybridized carbons (Fsp3) is 0.600. The van der Waals surface area contributed by atoms with Crippen LogP contribution in [0.15, 0.2) is 22.7 Å². The second kappa shape index (κ2) is 7.17. The van der Waals surface area contributed by atoms with Crippen molar-refractivity contribution in [2.24, 2.45) is 5.92 Å². The zero-order chi connectivity index (χ0) is 12.8. The molecule has 0 saturated carbocycles. The largest absolute Gasteiger partial charge is 0.310 e. The summed E-state index contributed by atoms with van der Waals surface area (Å²) in [6.07, 6.45) is 2.43. The first kappa shape index (κ1) is 14.7. The lowest BCUT2D eigenvalue weighted by atomic mass is 9.88. The van der Waals surface area contributed by atoms with Crippen molar-refractivity contribution >= 4 is 15.9 Å². The van der Waals surface area contributed by atoms with Crippen molar-refractivity contribution < 1.29 is 0 Å². The SMILES string of the molecule is CCNC(c1cc(C)ccc1Br)C(CC)CC. The highest BCUT2D eigenvalue weighted by molar-refractivity contribution is 9.10. The number of halogens is 1. The summed E-state index contributed by atoms with van der Waals surface area (Å²) in [7, 11) is 0. The Morgan fingerprint density at radius 2 is 1.82 bits per heavy atom. The van der Waals surface area contributed by atoms with Gasteiger partial charge in [0.25, 0.3) is 0 Å². The van der Waals surface area contributed by atoms with Gasteiger partial charge in [0.05, 0.1) is 0 Å². The topological polar surface area (TPSA) is 12.0 Å². The highest BCUT2D eigenvalue weighted by atomic mass is 79.9. The highest BCUT2D eigenvalue weighted by Crippen LogP contribution is 2.32. The second-order valence-corrected chi connectivity index (χ2v) is 5.49. The van der Waals surface area contributed by atoms with E-state index < -0.39 is 0 Å². The van der Waals surface area contributed by atoms with Crippen LogP contribution in [0.3, 0.4) is 0 Å². The highest BCUT2D eigenvalue weighted by Gasteiger charge is 2.21. The Morgan fingerprint density at radius 3 is 2.35 bits per heavy atom. The fourth-order valence-corrected chi connectivity index (χ4v) is 2.91. The third kappa shape index (κ3) is 3.82. The summed E-state index contributed by atoms with van der Waals surface area (Å²) in [5.41, 5.74) is 2.73. The van der Waals surface area contributed by atoms with E-state index in [4.69, 9.17) is 0 Å². The first-order chi connectivity index (χ1) is 8.13. The normalized spacial score (nSPS) is 13.1. The molecule has 17 heavy (non-hydrogen) atoms. The molecular formula is C15H24BrN. The van der Waals surface area contributed by atoms with Crippen LogP contribution in [0.5, 0.6) is 0 Å². The summed E-state index contributed by atoms with van der Waals surface area (Å²) in [6.45, 7) is 9.91. The average Bonchev–Trinajstić information content (AvgIpc) is 2.33. The van der Waals surface area contributed by atoms with E-state index in [1.54, 1.807) is 0 Å². The van der Waals surface area contributed by atoms with Crippen molar-refractivity contribution in [2.45, 2.75) is 46.6 Å². The molecule has 0 heterocycles. The number of nitrogens with one attached hydrogen (secondary N) is 1. The van der Waals surface area contributed by atoms with Crippen LogP contribution >= 0.6 is 15.9 Å². The molecule has 96 valence electrons. The number of aryl methyl sites for hydroxylation is 1. The summed E-state index contributed by atoms with van der Waals surface area (Å²) < 4.78 is 1.22. The molecule has 0 radical (unpaired) electrons. The maximum Gasteiger partial charge on any atom is 0.0359 e. The maximum absolute atomic E-state index is 3.69. The first-order valence-corrected chi connectivity index (χ1v) is 7.42. The van der Waals surface area contributed by atoms with Crippen molar-refractivity contribution in [3.63, 3.8) is 0 Å². The molecule has 0 aliphatic heterocycles. The van der Waals surface area contributed by atoms with E-state index in [0.717, 1.165) is 6.54 Å². The van der Waals surface area contributed by atoms with E-state index in [9.17, 15) is 0 Å². The van der Waals surface area contributed by atoms with Gasteiger partial charge in [0.15, 0.2) is 0 Å². The van der Waals surface area contributed by atoms with Gasteiger partial charge in [-0.05, 0) is 31.0 Å². The number of hydrogen-bond acceptors (Lipinski definition) is 1. The Kier molecular flexibility index (Phi) is 6.21. The van der Waals surface area contributed by atoms with Gasteiger partial charge in [0, 0.05) is 10.5 Å². The van der Waals surface area contributed by atoms with Gasteiger partial charge in [-0.15, -0.1) is 0 Å². The van der Waals surface area contributed by atoms with Gasteiger partial charge < -0.3 is 5.32 Å². The van der Waals surface area contributed by atoms with Crippen LogP contribution in [0.1, 0.15) is 50.8 Å². The molecule has 0 spiro atoms. The second-order valence-electron chi connectivity index (χ2n) is 4.64. The zero-order valence-electron chi connectivity index (χ0n) is 11.4. The van der Waals surface area contributed by atoms with E-state index in [0.29, 0.717) is 12.0 Å². The monoisotopic (exact) mass is 297 g/mol. The van der Waals surface area contributed by atoms with Gasteiger partial charge in [-0.3, -0.25) is 0 Å². The molecule has 0 aliphatic carbocycles. The average molecular weight is 298 g/mol. The third-order valence-electron chi connectivity index (χ3n) is 3.43. The van der Waals surface area contributed by atoms with Crippen LogP contribution in [0.4, 0.5) is 0 Å². The van der Waals surface area contributed by atoms with Crippen LogP contribution in [0, 0.1) is 12.8 Å². The lowest BCUT2D eigenvalue weighted by Gasteiger charge is -2.27. The standard InChI is InChI=1S/C15H24BrN/c1-5-12(6-2)15(17-7-3)13-10-11(4)8-9-14(13)16/h8-10,12,15,17H,5-7H2,1-4H3. The lowest BCUT2D eigenvalue weighted by molar-refractivity contribution is 0.345. The molecule has 1 unspecified atom stereocenters. The van der Waals surface area contributed by atoms with Gasteiger partial charge in [0.1, 0.15) is 0 Å². The molecule has 0 saturated heterocycles. The quantitative estimate of drug-likeness (QED) is 0.792. The lowest BCUT2D eigenvalue weighted by Crippen LogP contribution is -2.28. The molecule has 0 bridgehead atoms. The van der Waals surface area contributed by atoms with Crippen molar-refractivity contribution in [3.05, 3.63) is 33.8 Å². The number of benzene rings is 1. The van der Waals surface area contributed by atoms with Gasteiger partial charge in [-0.2, -0.15) is 0 Å². The molecule has 2 heteroatoms. The van der Waals surface area contributed by atoms with Crippen molar-refractivity contribution in [2.75, 3.05) is 6.54 Å². The number of hydrogen-bond donors (Lipinski definition) is 1. The van der Waals surface area contributed by atoms with Crippen LogP contribution in [0.25, 0.3) is 0 Å². The van der Waals surface area contributed by atoms with Crippen LogP contribution in [-0.4, -0.2) is 6.54 Å². The molecular weight excluding hydrogens is 274 g/mol. The molecule has 0 aromatic heterocycles. The van der Waals surface area contributed by atoms with Gasteiger partial charge in [0.2, 0.25) is 0 Å². The van der Waals surface area contributed by atoms with Crippen molar-refractivity contribution in [1.82, 2.24) is 5.32 Å². The van der Waals surface area contributed by atoms with E-state index >= 15 is 0 Å². The molecule has 0 aliphatic rings. The Hall–Kier alpha value is -0.340. The molecule has 0 amide bonds. The minimum Gasteiger partial charge on any atom is -0.310 e. The van der Waals surface area contributed by atoms with E-state index in [1.807, 2.05) is 0 Å².